The summed E-state index contributed by atoms with van der Waals surface area (Å²) in [6, 6.07) is 11.0. The summed E-state index contributed by atoms with van der Waals surface area (Å²) < 4.78 is 5.30. The Morgan fingerprint density at radius 1 is 1.28 bits per heavy atom. The molecule has 1 saturated carbocycles. The molecular weight excluding hydrogens is 414 g/mol. The van der Waals surface area contributed by atoms with Crippen molar-refractivity contribution < 1.29 is 24.2 Å². The lowest BCUT2D eigenvalue weighted by molar-refractivity contribution is -0.140. The molecular formula is C23H27N3O6. The molecule has 2 heterocycles. The standard InChI is InChI=1S/C22H25N3O4.CH2O2/c1-29-17-8-2-5-15(11-17)12-22(21(28)24-16-6-3-7-16)13-25(14-22)20(27)18-9-4-10-23-19(18)26;2-1-3/h2,4-5,8-11,16H,3,6-7,12-14H2,1H3,(H,23,26)(H,24,28);1H,(H,2,3). The zero-order valence-corrected chi connectivity index (χ0v) is 17.9. The maximum absolute atomic E-state index is 13.1. The first-order valence-electron chi connectivity index (χ1n) is 10.4. The van der Waals surface area contributed by atoms with E-state index in [9.17, 15) is 14.4 Å². The molecule has 1 saturated heterocycles. The van der Waals surface area contributed by atoms with E-state index in [1.165, 1.54) is 12.3 Å². The Morgan fingerprint density at radius 2 is 2.00 bits per heavy atom. The summed E-state index contributed by atoms with van der Waals surface area (Å²) in [7, 11) is 1.61. The third kappa shape index (κ3) is 4.99. The van der Waals surface area contributed by atoms with Gasteiger partial charge in [0, 0.05) is 25.3 Å². The van der Waals surface area contributed by atoms with E-state index in [1.807, 2.05) is 24.3 Å². The van der Waals surface area contributed by atoms with Gasteiger partial charge in [-0.05, 0) is 55.5 Å². The van der Waals surface area contributed by atoms with Gasteiger partial charge in [-0.15, -0.1) is 0 Å². The molecule has 2 fully saturated rings. The second-order valence-electron chi connectivity index (χ2n) is 8.09. The number of rotatable bonds is 6. The number of hydrogen-bond donors (Lipinski definition) is 3. The number of H-pyrrole nitrogens is 1. The topological polar surface area (TPSA) is 129 Å². The minimum atomic E-state index is -0.695. The number of amides is 2. The molecule has 1 aromatic heterocycles. The number of nitrogens with zero attached hydrogens (tertiary/aromatic N) is 1. The van der Waals surface area contributed by atoms with Crippen molar-refractivity contribution in [3.8, 4) is 5.75 Å². The number of carboxylic acid groups (broad SMARTS) is 1. The Balaban J connectivity index is 0.000000913. The van der Waals surface area contributed by atoms with E-state index >= 15 is 0 Å². The third-order valence-corrected chi connectivity index (χ3v) is 5.92. The average molecular weight is 441 g/mol. The molecule has 0 radical (unpaired) electrons. The van der Waals surface area contributed by atoms with Crippen LogP contribution in [0.1, 0.15) is 35.2 Å². The molecule has 2 amide bonds. The van der Waals surface area contributed by atoms with Crippen LogP contribution in [0.5, 0.6) is 5.75 Å². The highest BCUT2D eigenvalue weighted by Crippen LogP contribution is 2.37. The number of nitrogens with one attached hydrogen (secondary N) is 2. The largest absolute Gasteiger partial charge is 0.497 e. The van der Waals surface area contributed by atoms with Crippen LogP contribution in [0.2, 0.25) is 0 Å². The lowest BCUT2D eigenvalue weighted by Crippen LogP contribution is -2.67. The van der Waals surface area contributed by atoms with Gasteiger partial charge in [0.1, 0.15) is 11.3 Å². The number of aromatic amines is 1. The van der Waals surface area contributed by atoms with Crippen molar-refractivity contribution in [2.75, 3.05) is 20.2 Å². The van der Waals surface area contributed by atoms with Gasteiger partial charge in [0.25, 0.3) is 17.9 Å². The van der Waals surface area contributed by atoms with Crippen LogP contribution in [-0.4, -0.2) is 59.5 Å². The second-order valence-corrected chi connectivity index (χ2v) is 8.09. The quantitative estimate of drug-likeness (QED) is 0.582. The molecule has 3 N–H and O–H groups in total. The highest BCUT2D eigenvalue weighted by molar-refractivity contribution is 5.96. The number of aromatic nitrogens is 1. The van der Waals surface area contributed by atoms with E-state index in [0.29, 0.717) is 6.42 Å². The van der Waals surface area contributed by atoms with Crippen LogP contribution in [0.3, 0.4) is 0 Å². The summed E-state index contributed by atoms with van der Waals surface area (Å²) in [6.07, 6.45) is 5.15. The summed E-state index contributed by atoms with van der Waals surface area (Å²) in [5.74, 6) is 0.376. The van der Waals surface area contributed by atoms with E-state index in [4.69, 9.17) is 14.6 Å². The molecule has 0 spiro atoms. The molecule has 0 unspecified atom stereocenters. The fourth-order valence-corrected chi connectivity index (χ4v) is 3.99. The molecule has 0 bridgehead atoms. The van der Waals surface area contributed by atoms with Crippen LogP contribution in [0, 0.1) is 5.41 Å². The summed E-state index contributed by atoms with van der Waals surface area (Å²) >= 11 is 0. The molecule has 2 aliphatic rings. The summed E-state index contributed by atoms with van der Waals surface area (Å²) in [5.41, 5.74) is -0.0274. The zero-order chi connectivity index (χ0) is 23.1. The summed E-state index contributed by atoms with van der Waals surface area (Å²) in [4.78, 5) is 50.3. The Morgan fingerprint density at radius 3 is 2.59 bits per heavy atom. The fourth-order valence-electron chi connectivity index (χ4n) is 3.99. The molecule has 1 aliphatic heterocycles. The first kappa shape index (κ1) is 23.1. The van der Waals surface area contributed by atoms with Crippen LogP contribution in [0.25, 0.3) is 0 Å². The molecule has 1 aliphatic carbocycles. The van der Waals surface area contributed by atoms with Crippen LogP contribution in [0.15, 0.2) is 47.4 Å². The van der Waals surface area contributed by atoms with Gasteiger partial charge >= 0.3 is 0 Å². The predicted molar refractivity (Wildman–Crippen MR) is 117 cm³/mol. The van der Waals surface area contributed by atoms with Gasteiger partial charge in [0.2, 0.25) is 5.91 Å². The van der Waals surface area contributed by atoms with E-state index in [2.05, 4.69) is 10.3 Å². The number of hydrogen-bond acceptors (Lipinski definition) is 5. The minimum absolute atomic E-state index is 0.0176. The van der Waals surface area contributed by atoms with E-state index in [-0.39, 0.29) is 43.0 Å². The Hall–Kier alpha value is -3.62. The van der Waals surface area contributed by atoms with Gasteiger partial charge in [-0.3, -0.25) is 19.2 Å². The number of carbonyl (C=O) groups excluding carboxylic acids is 2. The Labute approximate surface area is 185 Å². The smallest absolute Gasteiger partial charge is 0.290 e. The van der Waals surface area contributed by atoms with Gasteiger partial charge in [-0.1, -0.05) is 12.1 Å². The first-order valence-corrected chi connectivity index (χ1v) is 10.4. The molecule has 0 atom stereocenters. The first-order chi connectivity index (χ1) is 15.4. The highest BCUT2D eigenvalue weighted by Gasteiger charge is 2.51. The number of likely N-dealkylation sites (tertiary alicyclic amines) is 1. The number of pyridine rings is 1. The lowest BCUT2D eigenvalue weighted by Gasteiger charge is -2.49. The van der Waals surface area contributed by atoms with Gasteiger partial charge < -0.3 is 25.0 Å². The minimum Gasteiger partial charge on any atom is -0.497 e. The Bertz CT molecular complexity index is 1020. The number of ether oxygens (including phenoxy) is 1. The number of carbonyl (C=O) groups is 3. The zero-order valence-electron chi connectivity index (χ0n) is 17.9. The SMILES string of the molecule is COc1cccc(CC2(C(=O)NC3CCC3)CN(C(=O)c3ccc[nH]c3=O)C2)c1.O=CO. The van der Waals surface area contributed by atoms with Gasteiger partial charge in [0.15, 0.2) is 0 Å². The molecule has 9 heteroatoms. The molecule has 1 aromatic carbocycles. The van der Waals surface area contributed by atoms with Crippen LogP contribution in [0.4, 0.5) is 0 Å². The average Bonchev–Trinajstić information content (AvgIpc) is 2.73. The van der Waals surface area contributed by atoms with Crippen molar-refractivity contribution in [3.63, 3.8) is 0 Å². The normalized spacial score (nSPS) is 16.5. The van der Waals surface area contributed by atoms with Crippen molar-refractivity contribution in [1.29, 1.82) is 0 Å². The van der Waals surface area contributed by atoms with E-state index < -0.39 is 11.0 Å². The van der Waals surface area contributed by atoms with Crippen molar-refractivity contribution >= 4 is 18.3 Å². The van der Waals surface area contributed by atoms with Crippen LogP contribution in [-0.2, 0) is 16.0 Å². The van der Waals surface area contributed by atoms with Crippen molar-refractivity contribution in [2.24, 2.45) is 5.41 Å². The predicted octanol–water partition coefficient (Wildman–Crippen LogP) is 1.44. The lowest BCUT2D eigenvalue weighted by atomic mass is 9.73. The maximum Gasteiger partial charge on any atom is 0.290 e. The van der Waals surface area contributed by atoms with Gasteiger partial charge in [-0.25, -0.2) is 0 Å². The number of methoxy groups -OCH3 is 1. The summed E-state index contributed by atoms with van der Waals surface area (Å²) in [5, 5.41) is 10.0. The van der Waals surface area contributed by atoms with Crippen molar-refractivity contribution in [3.05, 3.63) is 64.1 Å². The number of benzene rings is 1. The monoisotopic (exact) mass is 441 g/mol. The summed E-state index contributed by atoms with van der Waals surface area (Å²) in [6.45, 7) is 0.325. The van der Waals surface area contributed by atoms with Crippen LogP contribution >= 0.6 is 0 Å². The van der Waals surface area contributed by atoms with E-state index in [1.54, 1.807) is 18.1 Å². The molecule has 32 heavy (non-hydrogen) atoms. The molecule has 4 rings (SSSR count). The van der Waals surface area contributed by atoms with E-state index in [0.717, 1.165) is 30.6 Å². The molecule has 2 aromatic rings. The van der Waals surface area contributed by atoms with Gasteiger partial charge in [-0.2, -0.15) is 0 Å². The van der Waals surface area contributed by atoms with Gasteiger partial charge in [0.05, 0.1) is 12.5 Å². The molecule has 170 valence electrons. The fraction of sp³-hybridized carbons (Fsp3) is 0.391. The highest BCUT2D eigenvalue weighted by atomic mass is 16.5. The second kappa shape index (κ2) is 10.1. The van der Waals surface area contributed by atoms with Crippen molar-refractivity contribution in [1.82, 2.24) is 15.2 Å². The third-order valence-electron chi connectivity index (χ3n) is 5.92. The Kier molecular flexibility index (Phi) is 7.29. The maximum atomic E-state index is 13.1. The molecule has 9 nitrogen and oxygen atoms in total. The van der Waals surface area contributed by atoms with Crippen molar-refractivity contribution in [2.45, 2.75) is 31.7 Å². The van der Waals surface area contributed by atoms with Crippen LogP contribution < -0.4 is 15.6 Å².